The molecule has 0 saturated heterocycles. The van der Waals surface area contributed by atoms with Gasteiger partial charge in [0.05, 0.1) is 18.3 Å². The summed E-state index contributed by atoms with van der Waals surface area (Å²) in [4.78, 5) is 28.3. The number of carbonyl (C=O) groups is 2. The van der Waals surface area contributed by atoms with Crippen molar-refractivity contribution in [2.45, 2.75) is 6.92 Å². The topological polar surface area (TPSA) is 82.5 Å². The second-order valence-corrected chi connectivity index (χ2v) is 3.39. The molecule has 1 aromatic heterocycles. The fourth-order valence-electron chi connectivity index (χ4n) is 1.32. The Labute approximate surface area is 99.3 Å². The highest BCUT2D eigenvalue weighted by molar-refractivity contribution is 5.98. The Bertz CT molecular complexity index is 420. The van der Waals surface area contributed by atoms with Gasteiger partial charge in [-0.2, -0.15) is 0 Å². The molecular formula is C11H15N3O3. The van der Waals surface area contributed by atoms with Crippen molar-refractivity contribution in [3.05, 3.63) is 24.0 Å². The predicted octanol–water partition coefficient (Wildman–Crippen LogP) is -0.00470. The van der Waals surface area contributed by atoms with Gasteiger partial charge in [0, 0.05) is 19.8 Å². The van der Waals surface area contributed by atoms with Crippen molar-refractivity contribution < 1.29 is 14.7 Å². The third kappa shape index (κ3) is 3.17. The highest BCUT2D eigenvalue weighted by Crippen LogP contribution is 2.16. The van der Waals surface area contributed by atoms with Gasteiger partial charge in [0.1, 0.15) is 5.75 Å². The van der Waals surface area contributed by atoms with E-state index < -0.39 is 5.91 Å². The third-order valence-corrected chi connectivity index (χ3v) is 2.31. The third-order valence-electron chi connectivity index (χ3n) is 2.31. The van der Waals surface area contributed by atoms with Crippen molar-refractivity contribution in [3.63, 3.8) is 0 Å². The van der Waals surface area contributed by atoms with Crippen LogP contribution in [0.1, 0.15) is 17.3 Å². The molecule has 6 nitrogen and oxygen atoms in total. The minimum atomic E-state index is -0.393. The molecular weight excluding hydrogens is 222 g/mol. The zero-order valence-electron chi connectivity index (χ0n) is 9.80. The zero-order chi connectivity index (χ0) is 12.8. The van der Waals surface area contributed by atoms with Gasteiger partial charge in [0.25, 0.3) is 5.91 Å². The van der Waals surface area contributed by atoms with Gasteiger partial charge < -0.3 is 15.3 Å². The van der Waals surface area contributed by atoms with Crippen LogP contribution in [-0.2, 0) is 4.79 Å². The quantitative estimate of drug-likeness (QED) is 0.772. The van der Waals surface area contributed by atoms with Gasteiger partial charge in [0.2, 0.25) is 5.91 Å². The Hall–Kier alpha value is -2.11. The number of aromatic nitrogens is 1. The van der Waals surface area contributed by atoms with E-state index in [-0.39, 0.29) is 23.8 Å². The maximum Gasteiger partial charge on any atom is 0.258 e. The lowest BCUT2D eigenvalue weighted by molar-refractivity contribution is -0.121. The number of pyridine rings is 1. The maximum atomic E-state index is 12.0. The van der Waals surface area contributed by atoms with Crippen molar-refractivity contribution >= 4 is 11.8 Å². The SMILES string of the molecule is CCN(CC(=O)NC)C(=O)c1ccncc1O. The first kappa shape index (κ1) is 13.0. The summed E-state index contributed by atoms with van der Waals surface area (Å²) in [6.45, 7) is 2.11. The standard InChI is InChI=1S/C11H15N3O3/c1-3-14(7-10(16)12-2)11(17)8-4-5-13-6-9(8)15/h4-6,15H,3,7H2,1-2H3,(H,12,16). The van der Waals surface area contributed by atoms with Crippen LogP contribution < -0.4 is 5.32 Å². The van der Waals surface area contributed by atoms with Crippen LogP contribution >= 0.6 is 0 Å². The van der Waals surface area contributed by atoms with Crippen molar-refractivity contribution in [1.29, 1.82) is 0 Å². The molecule has 6 heteroatoms. The van der Waals surface area contributed by atoms with Crippen LogP contribution in [0.2, 0.25) is 0 Å². The fraction of sp³-hybridized carbons (Fsp3) is 0.364. The minimum Gasteiger partial charge on any atom is -0.505 e. The summed E-state index contributed by atoms with van der Waals surface area (Å²) in [6.07, 6.45) is 2.61. The van der Waals surface area contributed by atoms with Gasteiger partial charge >= 0.3 is 0 Å². The number of nitrogens with one attached hydrogen (secondary N) is 1. The van der Waals surface area contributed by atoms with E-state index in [0.29, 0.717) is 6.54 Å². The zero-order valence-corrected chi connectivity index (χ0v) is 9.80. The van der Waals surface area contributed by atoms with Crippen molar-refractivity contribution in [3.8, 4) is 5.75 Å². The van der Waals surface area contributed by atoms with E-state index >= 15 is 0 Å². The van der Waals surface area contributed by atoms with E-state index in [1.807, 2.05) is 0 Å². The number of aromatic hydroxyl groups is 1. The van der Waals surface area contributed by atoms with Gasteiger partial charge in [0.15, 0.2) is 0 Å². The molecule has 1 heterocycles. The molecule has 0 unspecified atom stereocenters. The number of nitrogens with zero attached hydrogens (tertiary/aromatic N) is 2. The number of rotatable bonds is 4. The monoisotopic (exact) mass is 237 g/mol. The van der Waals surface area contributed by atoms with E-state index in [9.17, 15) is 14.7 Å². The molecule has 0 aliphatic carbocycles. The molecule has 0 bridgehead atoms. The van der Waals surface area contributed by atoms with Gasteiger partial charge in [-0.25, -0.2) is 0 Å². The van der Waals surface area contributed by atoms with Gasteiger partial charge in [-0.15, -0.1) is 0 Å². The molecule has 2 N–H and O–H groups in total. The number of hydrogen-bond donors (Lipinski definition) is 2. The lowest BCUT2D eigenvalue weighted by atomic mass is 10.2. The first-order valence-corrected chi connectivity index (χ1v) is 5.23. The van der Waals surface area contributed by atoms with Crippen molar-refractivity contribution in [1.82, 2.24) is 15.2 Å². The lowest BCUT2D eigenvalue weighted by Gasteiger charge is -2.20. The van der Waals surface area contributed by atoms with E-state index in [0.717, 1.165) is 0 Å². The summed E-state index contributed by atoms with van der Waals surface area (Å²) >= 11 is 0. The molecule has 0 fully saturated rings. The molecule has 92 valence electrons. The largest absolute Gasteiger partial charge is 0.505 e. The van der Waals surface area contributed by atoms with Gasteiger partial charge in [-0.1, -0.05) is 0 Å². The molecule has 17 heavy (non-hydrogen) atoms. The van der Waals surface area contributed by atoms with E-state index in [1.54, 1.807) is 6.92 Å². The van der Waals surface area contributed by atoms with Crippen LogP contribution in [0.15, 0.2) is 18.5 Å². The Kier molecular flexibility index (Phi) is 4.45. The molecule has 1 aromatic rings. The summed E-state index contributed by atoms with van der Waals surface area (Å²) in [5, 5.41) is 11.9. The highest BCUT2D eigenvalue weighted by atomic mass is 16.3. The Morgan fingerprint density at radius 3 is 2.76 bits per heavy atom. The highest BCUT2D eigenvalue weighted by Gasteiger charge is 2.19. The van der Waals surface area contributed by atoms with Crippen LogP contribution in [0.4, 0.5) is 0 Å². The summed E-state index contributed by atoms with van der Waals surface area (Å²) < 4.78 is 0. The molecule has 0 aromatic carbocycles. The Balaban J connectivity index is 2.87. The van der Waals surface area contributed by atoms with E-state index in [1.165, 1.54) is 30.4 Å². The normalized spacial score (nSPS) is 9.76. The van der Waals surface area contributed by atoms with Crippen molar-refractivity contribution in [2.24, 2.45) is 0 Å². The number of hydrogen-bond acceptors (Lipinski definition) is 4. The summed E-state index contributed by atoms with van der Waals surface area (Å²) in [5.74, 6) is -0.836. The first-order chi connectivity index (χ1) is 8.10. The molecule has 2 amide bonds. The molecule has 0 aliphatic heterocycles. The summed E-state index contributed by atoms with van der Waals surface area (Å²) in [6, 6.07) is 1.42. The second-order valence-electron chi connectivity index (χ2n) is 3.39. The van der Waals surface area contributed by atoms with Gasteiger partial charge in [-0.05, 0) is 13.0 Å². The van der Waals surface area contributed by atoms with E-state index in [2.05, 4.69) is 10.3 Å². The average Bonchev–Trinajstić information content (AvgIpc) is 2.35. The Morgan fingerprint density at radius 1 is 1.53 bits per heavy atom. The molecule has 0 spiro atoms. The summed E-state index contributed by atoms with van der Waals surface area (Å²) in [5.41, 5.74) is 0.144. The lowest BCUT2D eigenvalue weighted by Crippen LogP contribution is -2.39. The van der Waals surface area contributed by atoms with E-state index in [4.69, 9.17) is 0 Å². The van der Waals surface area contributed by atoms with Crippen LogP contribution in [0, 0.1) is 0 Å². The molecule has 0 atom stereocenters. The molecule has 1 rings (SSSR count). The fourth-order valence-corrected chi connectivity index (χ4v) is 1.32. The van der Waals surface area contributed by atoms with Crippen molar-refractivity contribution in [2.75, 3.05) is 20.1 Å². The second kappa shape index (κ2) is 5.83. The van der Waals surface area contributed by atoms with Gasteiger partial charge in [-0.3, -0.25) is 14.6 Å². The number of amides is 2. The maximum absolute atomic E-state index is 12.0. The molecule has 0 aliphatic rings. The predicted molar refractivity (Wildman–Crippen MR) is 61.5 cm³/mol. The smallest absolute Gasteiger partial charge is 0.258 e. The number of carbonyl (C=O) groups excluding carboxylic acids is 2. The minimum absolute atomic E-state index is 0.0341. The van der Waals surface area contributed by atoms with Crippen LogP contribution in [0.25, 0.3) is 0 Å². The average molecular weight is 237 g/mol. The van der Waals surface area contributed by atoms with Crippen LogP contribution in [0.3, 0.4) is 0 Å². The number of likely N-dealkylation sites (N-methyl/N-ethyl adjacent to an activating group) is 2. The molecule has 0 radical (unpaired) electrons. The molecule has 0 saturated carbocycles. The Morgan fingerprint density at radius 2 is 2.24 bits per heavy atom. The van der Waals surface area contributed by atoms with Crippen LogP contribution in [-0.4, -0.2) is 46.9 Å². The first-order valence-electron chi connectivity index (χ1n) is 5.23. The van der Waals surface area contributed by atoms with Crippen LogP contribution in [0.5, 0.6) is 5.75 Å². The summed E-state index contributed by atoms with van der Waals surface area (Å²) in [7, 11) is 1.50.